The number of rotatable bonds is 8. The third-order valence-corrected chi connectivity index (χ3v) is 14.5. The maximum absolute atomic E-state index is 2.42. The zero-order valence-corrected chi connectivity index (χ0v) is 38.8. The second-order valence-electron chi connectivity index (χ2n) is 18.5. The summed E-state index contributed by atoms with van der Waals surface area (Å²) in [5.74, 6) is 0. The lowest BCUT2D eigenvalue weighted by atomic mass is 9.97. The lowest BCUT2D eigenvalue weighted by Gasteiger charge is -2.26. The minimum atomic E-state index is 1.08. The Balaban J connectivity index is 0.874. The van der Waals surface area contributed by atoms with Gasteiger partial charge in [-0.25, -0.2) is 0 Å². The van der Waals surface area contributed by atoms with Crippen LogP contribution in [0.3, 0.4) is 0 Å². The van der Waals surface area contributed by atoms with Crippen LogP contribution in [0.15, 0.2) is 273 Å². The van der Waals surface area contributed by atoms with Gasteiger partial charge in [-0.1, -0.05) is 194 Å². The van der Waals surface area contributed by atoms with Crippen LogP contribution in [0.5, 0.6) is 0 Å². The summed E-state index contributed by atoms with van der Waals surface area (Å²) in [4.78, 5) is 2.38. The Kier molecular flexibility index (Phi) is 9.53. The summed E-state index contributed by atoms with van der Waals surface area (Å²) >= 11 is 0. The van der Waals surface area contributed by atoms with Gasteiger partial charge in [-0.15, -0.1) is 0 Å². The number of para-hydroxylation sites is 6. The summed E-state index contributed by atoms with van der Waals surface area (Å²) < 4.78 is 4.83. The predicted molar refractivity (Wildman–Crippen MR) is 301 cm³/mol. The SMILES string of the molecule is c1ccc(-n2c3ccccc3c3ccccc32)c(-c2ccc(N(c3ccc(-c4ccc5ccc6ccccc6c5c4)cc3)c3ccc(-c4ccccc4-n4c5ccccc5c5ccccc54)cc3)cc2)c1. The van der Waals surface area contributed by atoms with Crippen molar-refractivity contribution in [2.45, 2.75) is 0 Å². The van der Waals surface area contributed by atoms with Crippen LogP contribution in [-0.2, 0) is 0 Å². The highest BCUT2D eigenvalue weighted by Crippen LogP contribution is 2.42. The topological polar surface area (TPSA) is 13.1 Å². The summed E-state index contributed by atoms with van der Waals surface area (Å²) in [6, 6.07) is 99.7. The lowest BCUT2D eigenvalue weighted by molar-refractivity contribution is 1.18. The molecule has 0 aliphatic carbocycles. The van der Waals surface area contributed by atoms with Crippen molar-refractivity contribution in [3.63, 3.8) is 0 Å². The smallest absolute Gasteiger partial charge is 0.0541 e. The highest BCUT2D eigenvalue weighted by atomic mass is 15.1. The van der Waals surface area contributed by atoms with E-state index in [2.05, 4.69) is 287 Å². The highest BCUT2D eigenvalue weighted by Gasteiger charge is 2.19. The molecule has 0 unspecified atom stereocenters. The molecular formula is C68H45N3. The van der Waals surface area contributed by atoms with Crippen molar-refractivity contribution >= 4 is 82.2 Å². The molecule has 0 spiro atoms. The first-order valence-electron chi connectivity index (χ1n) is 24.4. The van der Waals surface area contributed by atoms with Crippen LogP contribution >= 0.6 is 0 Å². The maximum atomic E-state index is 2.42. The van der Waals surface area contributed by atoms with Crippen molar-refractivity contribution in [1.29, 1.82) is 0 Å². The lowest BCUT2D eigenvalue weighted by Crippen LogP contribution is -2.10. The van der Waals surface area contributed by atoms with E-state index >= 15 is 0 Å². The minimum absolute atomic E-state index is 1.08. The van der Waals surface area contributed by atoms with E-state index in [-0.39, 0.29) is 0 Å². The molecule has 14 rings (SSSR count). The van der Waals surface area contributed by atoms with Crippen LogP contribution in [0, 0.1) is 0 Å². The average molecular weight is 904 g/mol. The monoisotopic (exact) mass is 903 g/mol. The average Bonchev–Trinajstić information content (AvgIpc) is 3.97. The second kappa shape index (κ2) is 16.7. The van der Waals surface area contributed by atoms with E-state index in [1.807, 2.05) is 0 Å². The van der Waals surface area contributed by atoms with Gasteiger partial charge in [-0.3, -0.25) is 0 Å². The largest absolute Gasteiger partial charge is 0.311 e. The number of hydrogen-bond donors (Lipinski definition) is 0. The van der Waals surface area contributed by atoms with Gasteiger partial charge in [-0.05, 0) is 123 Å². The van der Waals surface area contributed by atoms with Gasteiger partial charge in [0, 0.05) is 49.7 Å². The van der Waals surface area contributed by atoms with E-state index < -0.39 is 0 Å². The predicted octanol–water partition coefficient (Wildman–Crippen LogP) is 18.7. The molecule has 0 saturated carbocycles. The molecule has 0 saturated heterocycles. The fourth-order valence-corrected chi connectivity index (χ4v) is 11.2. The van der Waals surface area contributed by atoms with Crippen molar-refractivity contribution in [3.05, 3.63) is 273 Å². The second-order valence-corrected chi connectivity index (χ2v) is 18.5. The van der Waals surface area contributed by atoms with Crippen molar-refractivity contribution in [2.75, 3.05) is 4.90 Å². The number of nitrogens with zero attached hydrogens (tertiary/aromatic N) is 3. The zero-order chi connectivity index (χ0) is 46.8. The molecule has 2 heterocycles. The summed E-state index contributed by atoms with van der Waals surface area (Å²) in [5, 5.41) is 10.1. The third-order valence-electron chi connectivity index (χ3n) is 14.5. The van der Waals surface area contributed by atoms with Gasteiger partial charge < -0.3 is 14.0 Å². The quantitative estimate of drug-likeness (QED) is 0.139. The van der Waals surface area contributed by atoms with E-state index in [4.69, 9.17) is 0 Å². The van der Waals surface area contributed by atoms with Crippen LogP contribution in [0.2, 0.25) is 0 Å². The first kappa shape index (κ1) is 40.6. The minimum Gasteiger partial charge on any atom is -0.311 e. The molecule has 2 aromatic heterocycles. The molecule has 3 heteroatoms. The van der Waals surface area contributed by atoms with Gasteiger partial charge in [-0.2, -0.15) is 0 Å². The van der Waals surface area contributed by atoms with E-state index in [0.717, 1.165) is 39.6 Å². The van der Waals surface area contributed by atoms with Gasteiger partial charge in [0.15, 0.2) is 0 Å². The Morgan fingerprint density at radius 1 is 0.225 bits per heavy atom. The van der Waals surface area contributed by atoms with Crippen LogP contribution in [0.25, 0.3) is 110 Å². The Labute approximate surface area is 412 Å². The van der Waals surface area contributed by atoms with Gasteiger partial charge >= 0.3 is 0 Å². The van der Waals surface area contributed by atoms with Crippen LogP contribution in [-0.4, -0.2) is 9.13 Å². The van der Waals surface area contributed by atoms with Gasteiger partial charge in [0.2, 0.25) is 0 Å². The summed E-state index contributed by atoms with van der Waals surface area (Å²) in [5.41, 5.74) is 17.4. The molecule has 0 bridgehead atoms. The molecule has 0 fully saturated rings. The van der Waals surface area contributed by atoms with Gasteiger partial charge in [0.1, 0.15) is 0 Å². The van der Waals surface area contributed by atoms with Crippen molar-refractivity contribution in [2.24, 2.45) is 0 Å². The summed E-state index contributed by atoms with van der Waals surface area (Å²) in [6.07, 6.45) is 0. The Bertz CT molecular complexity index is 4020. The number of anilines is 3. The molecule has 0 N–H and O–H groups in total. The zero-order valence-electron chi connectivity index (χ0n) is 38.8. The Hall–Kier alpha value is -9.44. The molecule has 332 valence electrons. The molecule has 0 radical (unpaired) electrons. The summed E-state index contributed by atoms with van der Waals surface area (Å²) in [7, 11) is 0. The fraction of sp³-hybridized carbons (Fsp3) is 0. The molecule has 14 aromatic rings. The fourth-order valence-electron chi connectivity index (χ4n) is 11.2. The third kappa shape index (κ3) is 6.74. The normalized spacial score (nSPS) is 11.7. The standard InChI is InChI=1S/C68H45N3/c1-2-16-55-47(15-1)29-30-50-31-32-51(45-62(50)55)46-33-39-52(40-34-46)69(53-41-35-48(36-42-53)56-17-3-9-23-63(56)70-65-25-11-5-19-58(65)59-20-6-12-26-66(59)70)54-43-37-49(38-44-54)57-18-4-10-24-64(57)71-67-27-13-7-21-60(67)61-22-8-14-28-68(61)71/h1-45H. The van der Waals surface area contributed by atoms with E-state index in [0.29, 0.717) is 0 Å². The molecule has 12 aromatic carbocycles. The number of aromatic nitrogens is 2. The highest BCUT2D eigenvalue weighted by molar-refractivity contribution is 6.11. The number of fused-ring (bicyclic) bond motifs is 9. The maximum Gasteiger partial charge on any atom is 0.0541 e. The molecular weight excluding hydrogens is 859 g/mol. The van der Waals surface area contributed by atoms with E-state index in [1.165, 1.54) is 87.4 Å². The first-order chi connectivity index (χ1) is 35.2. The molecule has 71 heavy (non-hydrogen) atoms. The van der Waals surface area contributed by atoms with Gasteiger partial charge in [0.25, 0.3) is 0 Å². The molecule has 3 nitrogen and oxygen atoms in total. The molecule has 0 atom stereocenters. The van der Waals surface area contributed by atoms with Crippen LogP contribution in [0.4, 0.5) is 17.1 Å². The van der Waals surface area contributed by atoms with Crippen LogP contribution < -0.4 is 4.90 Å². The first-order valence-corrected chi connectivity index (χ1v) is 24.4. The number of benzene rings is 12. The van der Waals surface area contributed by atoms with E-state index in [9.17, 15) is 0 Å². The molecule has 0 aliphatic heterocycles. The van der Waals surface area contributed by atoms with E-state index in [1.54, 1.807) is 0 Å². The molecule has 0 amide bonds. The van der Waals surface area contributed by atoms with Crippen molar-refractivity contribution in [1.82, 2.24) is 9.13 Å². The van der Waals surface area contributed by atoms with Crippen LogP contribution in [0.1, 0.15) is 0 Å². The van der Waals surface area contributed by atoms with Crippen molar-refractivity contribution in [3.8, 4) is 44.8 Å². The Morgan fingerprint density at radius 2 is 0.549 bits per heavy atom. The van der Waals surface area contributed by atoms with Gasteiger partial charge in [0.05, 0.1) is 33.4 Å². The Morgan fingerprint density at radius 3 is 1.00 bits per heavy atom. The van der Waals surface area contributed by atoms with Crippen molar-refractivity contribution < 1.29 is 0 Å². The summed E-state index contributed by atoms with van der Waals surface area (Å²) in [6.45, 7) is 0. The molecule has 0 aliphatic rings. The number of hydrogen-bond acceptors (Lipinski definition) is 1.